The summed E-state index contributed by atoms with van der Waals surface area (Å²) >= 11 is 0. The zero-order chi connectivity index (χ0) is 10.8. The van der Waals surface area contributed by atoms with Crippen molar-refractivity contribution in [3.05, 3.63) is 12.2 Å². The van der Waals surface area contributed by atoms with Crippen LogP contribution in [0.2, 0.25) is 0 Å². The normalized spacial score (nSPS) is 12.1. The zero-order valence-corrected chi connectivity index (χ0v) is 10.3. The molecular formula is C12H26N2. The van der Waals surface area contributed by atoms with Gasteiger partial charge >= 0.3 is 0 Å². The van der Waals surface area contributed by atoms with E-state index in [9.17, 15) is 0 Å². The van der Waals surface area contributed by atoms with Crippen LogP contribution < -0.4 is 0 Å². The minimum Gasteiger partial charge on any atom is -0.303 e. The molecule has 0 fully saturated rings. The van der Waals surface area contributed by atoms with Crippen molar-refractivity contribution < 1.29 is 0 Å². The lowest BCUT2D eigenvalue weighted by Crippen LogP contribution is -2.21. The Balaban J connectivity index is 3.43. The Bertz CT molecular complexity index is 127. The van der Waals surface area contributed by atoms with Crippen LogP contribution >= 0.6 is 0 Å². The summed E-state index contributed by atoms with van der Waals surface area (Å²) in [5, 5.41) is 0. The van der Waals surface area contributed by atoms with Gasteiger partial charge in [0.25, 0.3) is 0 Å². The third-order valence-corrected chi connectivity index (χ3v) is 2.21. The fraction of sp³-hybridized carbons (Fsp3) is 0.833. The second kappa shape index (κ2) is 9.22. The van der Waals surface area contributed by atoms with Gasteiger partial charge in [0.15, 0.2) is 0 Å². The molecule has 84 valence electrons. The lowest BCUT2D eigenvalue weighted by molar-refractivity contribution is 0.361. The summed E-state index contributed by atoms with van der Waals surface area (Å²) in [7, 11) is 4.34. The molecule has 0 N–H and O–H groups in total. The molecule has 0 aromatic heterocycles. The van der Waals surface area contributed by atoms with Crippen LogP contribution in [0.3, 0.4) is 0 Å². The summed E-state index contributed by atoms with van der Waals surface area (Å²) in [4.78, 5) is 4.69. The van der Waals surface area contributed by atoms with Crippen LogP contribution in [0.4, 0.5) is 0 Å². The third kappa shape index (κ3) is 8.27. The quantitative estimate of drug-likeness (QED) is 0.552. The molecule has 0 heterocycles. The maximum absolute atomic E-state index is 2.34. The van der Waals surface area contributed by atoms with Crippen LogP contribution in [-0.2, 0) is 0 Å². The van der Waals surface area contributed by atoms with Gasteiger partial charge in [0, 0.05) is 13.1 Å². The monoisotopic (exact) mass is 198 g/mol. The van der Waals surface area contributed by atoms with E-state index >= 15 is 0 Å². The summed E-state index contributed by atoms with van der Waals surface area (Å²) in [6.45, 7) is 8.97. The summed E-state index contributed by atoms with van der Waals surface area (Å²) in [6.07, 6.45) is 7.00. The Hall–Kier alpha value is -0.340. The predicted molar refractivity (Wildman–Crippen MR) is 64.7 cm³/mol. The molecule has 0 rings (SSSR count). The SMILES string of the molecule is CCCN(C)CC=CCN(C)CCC. The number of hydrogen-bond donors (Lipinski definition) is 0. The molecule has 2 heteroatoms. The third-order valence-electron chi connectivity index (χ3n) is 2.21. The van der Waals surface area contributed by atoms with E-state index in [1.807, 2.05) is 0 Å². The molecule has 0 bridgehead atoms. The Morgan fingerprint density at radius 1 is 0.786 bits per heavy atom. The smallest absolute Gasteiger partial charge is 0.0160 e. The highest BCUT2D eigenvalue weighted by molar-refractivity contribution is 4.86. The highest BCUT2D eigenvalue weighted by atomic mass is 15.1. The first-order valence-corrected chi connectivity index (χ1v) is 5.72. The molecule has 0 saturated carbocycles. The minimum absolute atomic E-state index is 1.08. The van der Waals surface area contributed by atoms with E-state index in [2.05, 4.69) is 49.9 Å². The van der Waals surface area contributed by atoms with Crippen molar-refractivity contribution in [1.82, 2.24) is 9.80 Å². The first kappa shape index (κ1) is 13.7. The van der Waals surface area contributed by atoms with Gasteiger partial charge < -0.3 is 9.80 Å². The van der Waals surface area contributed by atoms with Crippen LogP contribution in [-0.4, -0.2) is 50.1 Å². The van der Waals surface area contributed by atoms with Crippen LogP contribution in [0.5, 0.6) is 0 Å². The second-order valence-corrected chi connectivity index (χ2v) is 4.00. The van der Waals surface area contributed by atoms with Crippen LogP contribution in [0.1, 0.15) is 26.7 Å². The Labute approximate surface area is 89.6 Å². The lowest BCUT2D eigenvalue weighted by atomic mass is 10.4. The molecule has 0 aliphatic rings. The van der Waals surface area contributed by atoms with E-state index in [1.165, 1.54) is 25.9 Å². The predicted octanol–water partition coefficient (Wildman–Crippen LogP) is 2.23. The van der Waals surface area contributed by atoms with Crippen molar-refractivity contribution in [2.24, 2.45) is 0 Å². The molecule has 0 spiro atoms. The summed E-state index contributed by atoms with van der Waals surface area (Å²) in [5.41, 5.74) is 0. The first-order chi connectivity index (χ1) is 6.70. The molecule has 0 aliphatic carbocycles. The van der Waals surface area contributed by atoms with Gasteiger partial charge in [-0.1, -0.05) is 26.0 Å². The number of likely N-dealkylation sites (N-methyl/N-ethyl adjacent to an activating group) is 2. The molecule has 0 amide bonds. The van der Waals surface area contributed by atoms with Gasteiger partial charge in [-0.15, -0.1) is 0 Å². The molecule has 2 nitrogen and oxygen atoms in total. The Morgan fingerprint density at radius 3 is 1.43 bits per heavy atom. The van der Waals surface area contributed by atoms with E-state index in [-0.39, 0.29) is 0 Å². The zero-order valence-electron chi connectivity index (χ0n) is 10.3. The Morgan fingerprint density at radius 2 is 1.14 bits per heavy atom. The summed E-state index contributed by atoms with van der Waals surface area (Å²) < 4.78 is 0. The molecule has 0 unspecified atom stereocenters. The van der Waals surface area contributed by atoms with Crippen molar-refractivity contribution in [2.45, 2.75) is 26.7 Å². The average Bonchev–Trinajstić information content (AvgIpc) is 2.13. The Kier molecular flexibility index (Phi) is 9.00. The lowest BCUT2D eigenvalue weighted by Gasteiger charge is -2.14. The average molecular weight is 198 g/mol. The topological polar surface area (TPSA) is 6.48 Å². The van der Waals surface area contributed by atoms with Gasteiger partial charge in [0.05, 0.1) is 0 Å². The molecule has 14 heavy (non-hydrogen) atoms. The molecule has 0 aliphatic heterocycles. The fourth-order valence-electron chi connectivity index (χ4n) is 1.45. The van der Waals surface area contributed by atoms with E-state index in [0.717, 1.165) is 13.1 Å². The van der Waals surface area contributed by atoms with Crippen LogP contribution in [0, 0.1) is 0 Å². The molecule has 0 aromatic carbocycles. The van der Waals surface area contributed by atoms with Crippen molar-refractivity contribution in [2.75, 3.05) is 40.3 Å². The van der Waals surface area contributed by atoms with Crippen LogP contribution in [0.15, 0.2) is 12.2 Å². The van der Waals surface area contributed by atoms with Gasteiger partial charge in [-0.3, -0.25) is 0 Å². The van der Waals surface area contributed by atoms with Gasteiger partial charge in [-0.05, 0) is 40.0 Å². The molecule has 0 aromatic rings. The van der Waals surface area contributed by atoms with Gasteiger partial charge in [-0.25, -0.2) is 0 Å². The maximum Gasteiger partial charge on any atom is 0.0160 e. The van der Waals surface area contributed by atoms with Crippen LogP contribution in [0.25, 0.3) is 0 Å². The second-order valence-electron chi connectivity index (χ2n) is 4.00. The number of nitrogens with zero attached hydrogens (tertiary/aromatic N) is 2. The largest absolute Gasteiger partial charge is 0.303 e. The van der Waals surface area contributed by atoms with E-state index in [4.69, 9.17) is 0 Å². The van der Waals surface area contributed by atoms with Crippen molar-refractivity contribution in [3.63, 3.8) is 0 Å². The van der Waals surface area contributed by atoms with E-state index in [0.29, 0.717) is 0 Å². The number of rotatable bonds is 8. The summed E-state index contributed by atoms with van der Waals surface area (Å²) in [6, 6.07) is 0. The first-order valence-electron chi connectivity index (χ1n) is 5.72. The molecule has 0 atom stereocenters. The number of hydrogen-bond acceptors (Lipinski definition) is 2. The molecule has 0 saturated heterocycles. The van der Waals surface area contributed by atoms with E-state index < -0.39 is 0 Å². The van der Waals surface area contributed by atoms with Gasteiger partial charge in [0.1, 0.15) is 0 Å². The molecule has 0 radical (unpaired) electrons. The summed E-state index contributed by atoms with van der Waals surface area (Å²) in [5.74, 6) is 0. The van der Waals surface area contributed by atoms with Crippen molar-refractivity contribution in [1.29, 1.82) is 0 Å². The van der Waals surface area contributed by atoms with E-state index in [1.54, 1.807) is 0 Å². The highest BCUT2D eigenvalue weighted by Crippen LogP contribution is 1.89. The van der Waals surface area contributed by atoms with Gasteiger partial charge in [0.2, 0.25) is 0 Å². The fourth-order valence-corrected chi connectivity index (χ4v) is 1.45. The van der Waals surface area contributed by atoms with Gasteiger partial charge in [-0.2, -0.15) is 0 Å². The highest BCUT2D eigenvalue weighted by Gasteiger charge is 1.93. The molecular weight excluding hydrogens is 172 g/mol. The minimum atomic E-state index is 1.08. The van der Waals surface area contributed by atoms with Crippen molar-refractivity contribution >= 4 is 0 Å². The van der Waals surface area contributed by atoms with Crippen molar-refractivity contribution in [3.8, 4) is 0 Å². The maximum atomic E-state index is 2.34. The standard InChI is InChI=1S/C12H26N2/c1-5-9-13(3)11-7-8-12-14(4)10-6-2/h7-8H,5-6,9-12H2,1-4H3.